The molecule has 7 heteroatoms. The zero-order chi connectivity index (χ0) is 15.6. The molecule has 2 unspecified atom stereocenters. The lowest BCUT2D eigenvalue weighted by Crippen LogP contribution is -2.55. The van der Waals surface area contributed by atoms with Crippen molar-refractivity contribution in [2.24, 2.45) is 0 Å². The molecular weight excluding hydrogens is 269 g/mol. The number of alkyl halides is 1. The van der Waals surface area contributed by atoms with E-state index >= 15 is 0 Å². The summed E-state index contributed by atoms with van der Waals surface area (Å²) in [6.45, 7) is 6.72. The van der Waals surface area contributed by atoms with Gasteiger partial charge in [0.1, 0.15) is 17.3 Å². The molecule has 0 radical (unpaired) electrons. The van der Waals surface area contributed by atoms with E-state index in [4.69, 9.17) is 9.47 Å². The van der Waals surface area contributed by atoms with Crippen LogP contribution < -0.4 is 5.32 Å². The van der Waals surface area contributed by atoms with Crippen LogP contribution in [0.5, 0.6) is 0 Å². The minimum absolute atomic E-state index is 0.101. The van der Waals surface area contributed by atoms with Crippen LogP contribution in [0.2, 0.25) is 0 Å². The molecule has 1 fully saturated rings. The molecule has 1 saturated carbocycles. The molecule has 0 aromatic heterocycles. The zero-order valence-electron chi connectivity index (χ0n) is 12.2. The van der Waals surface area contributed by atoms with Gasteiger partial charge >= 0.3 is 12.1 Å². The van der Waals surface area contributed by atoms with Gasteiger partial charge in [-0.25, -0.2) is 14.0 Å². The number of carbonyl (C=O) groups is 2. The molecule has 1 amide bonds. The first kappa shape index (κ1) is 16.7. The number of aliphatic hydroxyl groups is 1. The molecular formula is C13H22FNO5. The Kier molecular flexibility index (Phi) is 4.96. The van der Waals surface area contributed by atoms with Crippen LogP contribution >= 0.6 is 0 Å². The molecule has 0 spiro atoms. The molecule has 0 saturated heterocycles. The zero-order valence-corrected chi connectivity index (χ0v) is 12.2. The summed E-state index contributed by atoms with van der Waals surface area (Å²) >= 11 is 0. The lowest BCUT2D eigenvalue weighted by atomic mass is 9.98. The van der Waals surface area contributed by atoms with Crippen molar-refractivity contribution in [1.29, 1.82) is 0 Å². The molecule has 0 bridgehead atoms. The van der Waals surface area contributed by atoms with E-state index in [1.54, 1.807) is 27.7 Å². The van der Waals surface area contributed by atoms with E-state index in [2.05, 4.69) is 5.32 Å². The smallest absolute Gasteiger partial charge is 0.408 e. The van der Waals surface area contributed by atoms with Crippen molar-refractivity contribution in [2.45, 2.75) is 64.0 Å². The fourth-order valence-corrected chi connectivity index (χ4v) is 2.13. The molecule has 116 valence electrons. The predicted octanol–water partition coefficient (Wildman–Crippen LogP) is 1.31. The van der Waals surface area contributed by atoms with E-state index in [0.29, 0.717) is 0 Å². The SMILES string of the molecule is CCOC(=O)[C@]1(NC(=O)OC(C)(C)C)CC(O)C(F)C1. The van der Waals surface area contributed by atoms with Gasteiger partial charge in [-0.05, 0) is 27.7 Å². The van der Waals surface area contributed by atoms with E-state index < -0.39 is 35.5 Å². The average Bonchev–Trinajstić information content (AvgIpc) is 2.52. The number of alkyl carbamates (subject to hydrolysis) is 1. The third-order valence-corrected chi connectivity index (χ3v) is 2.92. The van der Waals surface area contributed by atoms with Gasteiger partial charge in [-0.3, -0.25) is 0 Å². The summed E-state index contributed by atoms with van der Waals surface area (Å²) in [5.74, 6) is -0.759. The fourth-order valence-electron chi connectivity index (χ4n) is 2.13. The van der Waals surface area contributed by atoms with Gasteiger partial charge in [0, 0.05) is 12.8 Å². The highest BCUT2D eigenvalue weighted by atomic mass is 19.1. The van der Waals surface area contributed by atoms with Gasteiger partial charge in [-0.15, -0.1) is 0 Å². The lowest BCUT2D eigenvalue weighted by molar-refractivity contribution is -0.151. The molecule has 3 atom stereocenters. The standard InChI is InChI=1S/C13H22FNO5/c1-5-19-10(17)13(6-8(14)9(16)7-13)15-11(18)20-12(2,3)4/h8-9,16H,5-7H2,1-4H3,(H,15,18)/t8?,9?,13-/m1/s1. The van der Waals surface area contributed by atoms with E-state index in [0.717, 1.165) is 0 Å². The normalized spacial score (nSPS) is 29.9. The van der Waals surface area contributed by atoms with Crippen LogP contribution in [0.15, 0.2) is 0 Å². The van der Waals surface area contributed by atoms with Gasteiger partial charge in [0.05, 0.1) is 12.7 Å². The molecule has 0 heterocycles. The van der Waals surface area contributed by atoms with E-state index in [-0.39, 0.29) is 19.4 Å². The highest BCUT2D eigenvalue weighted by Gasteiger charge is 2.53. The van der Waals surface area contributed by atoms with Gasteiger partial charge in [-0.1, -0.05) is 0 Å². The van der Waals surface area contributed by atoms with Crippen LogP contribution in [0.4, 0.5) is 9.18 Å². The second-order valence-corrected chi connectivity index (χ2v) is 5.92. The Bertz CT molecular complexity index is 369. The molecule has 6 nitrogen and oxygen atoms in total. The van der Waals surface area contributed by atoms with Crippen LogP contribution in [0.3, 0.4) is 0 Å². The summed E-state index contributed by atoms with van der Waals surface area (Å²) in [7, 11) is 0. The highest BCUT2D eigenvalue weighted by molar-refractivity contribution is 5.86. The highest BCUT2D eigenvalue weighted by Crippen LogP contribution is 2.34. The first-order valence-electron chi connectivity index (χ1n) is 6.60. The number of nitrogens with one attached hydrogen (secondary N) is 1. The average molecular weight is 291 g/mol. The molecule has 0 aromatic carbocycles. The van der Waals surface area contributed by atoms with Crippen LogP contribution in [-0.4, -0.2) is 47.2 Å². The maximum absolute atomic E-state index is 13.6. The number of rotatable bonds is 3. The number of aliphatic hydroxyl groups excluding tert-OH is 1. The Labute approximate surface area is 117 Å². The van der Waals surface area contributed by atoms with Crippen molar-refractivity contribution in [1.82, 2.24) is 5.32 Å². The van der Waals surface area contributed by atoms with E-state index in [1.165, 1.54) is 0 Å². The number of hydrogen-bond donors (Lipinski definition) is 2. The summed E-state index contributed by atoms with van der Waals surface area (Å²) in [4.78, 5) is 23.8. The monoisotopic (exact) mass is 291 g/mol. The van der Waals surface area contributed by atoms with Crippen LogP contribution in [0.25, 0.3) is 0 Å². The maximum Gasteiger partial charge on any atom is 0.408 e. The lowest BCUT2D eigenvalue weighted by Gasteiger charge is -2.29. The summed E-state index contributed by atoms with van der Waals surface area (Å²) < 4.78 is 23.5. The Morgan fingerprint density at radius 3 is 2.40 bits per heavy atom. The van der Waals surface area contributed by atoms with Crippen LogP contribution in [0.1, 0.15) is 40.5 Å². The Morgan fingerprint density at radius 1 is 1.40 bits per heavy atom. The topological polar surface area (TPSA) is 84.9 Å². The first-order valence-corrected chi connectivity index (χ1v) is 6.60. The second-order valence-electron chi connectivity index (χ2n) is 5.92. The van der Waals surface area contributed by atoms with Crippen LogP contribution in [-0.2, 0) is 14.3 Å². The Balaban J connectivity index is 2.85. The number of amides is 1. The summed E-state index contributed by atoms with van der Waals surface area (Å²) in [5, 5.41) is 11.9. The summed E-state index contributed by atoms with van der Waals surface area (Å²) in [6.07, 6.45) is -4.30. The van der Waals surface area contributed by atoms with E-state index in [9.17, 15) is 19.1 Å². The predicted molar refractivity (Wildman–Crippen MR) is 68.9 cm³/mol. The minimum Gasteiger partial charge on any atom is -0.464 e. The van der Waals surface area contributed by atoms with Gasteiger partial charge < -0.3 is 19.9 Å². The minimum atomic E-state index is -1.59. The van der Waals surface area contributed by atoms with Crippen molar-refractivity contribution in [2.75, 3.05) is 6.61 Å². The van der Waals surface area contributed by atoms with Crippen LogP contribution in [0, 0.1) is 0 Å². The fraction of sp³-hybridized carbons (Fsp3) is 0.846. The van der Waals surface area contributed by atoms with Crippen molar-refractivity contribution in [3.05, 3.63) is 0 Å². The van der Waals surface area contributed by atoms with Gasteiger partial charge in [-0.2, -0.15) is 0 Å². The summed E-state index contributed by atoms with van der Waals surface area (Å²) in [6, 6.07) is 0. The first-order chi connectivity index (χ1) is 9.09. The third-order valence-electron chi connectivity index (χ3n) is 2.92. The largest absolute Gasteiger partial charge is 0.464 e. The van der Waals surface area contributed by atoms with Gasteiger partial charge in [0.15, 0.2) is 0 Å². The van der Waals surface area contributed by atoms with E-state index in [1.807, 2.05) is 0 Å². The quantitative estimate of drug-likeness (QED) is 0.766. The van der Waals surface area contributed by atoms with Crippen molar-refractivity contribution in [3.8, 4) is 0 Å². The Morgan fingerprint density at radius 2 is 2.00 bits per heavy atom. The molecule has 1 aliphatic carbocycles. The number of carbonyl (C=O) groups excluding carboxylic acids is 2. The number of esters is 1. The third kappa shape index (κ3) is 4.06. The van der Waals surface area contributed by atoms with Gasteiger partial charge in [0.2, 0.25) is 0 Å². The van der Waals surface area contributed by atoms with Gasteiger partial charge in [0.25, 0.3) is 0 Å². The van der Waals surface area contributed by atoms with Crippen molar-refractivity contribution < 1.29 is 28.6 Å². The molecule has 20 heavy (non-hydrogen) atoms. The maximum atomic E-state index is 13.6. The molecule has 1 aliphatic rings. The Hall–Kier alpha value is -1.37. The van der Waals surface area contributed by atoms with Crippen molar-refractivity contribution >= 4 is 12.1 Å². The molecule has 2 N–H and O–H groups in total. The number of hydrogen-bond acceptors (Lipinski definition) is 5. The second kappa shape index (κ2) is 5.95. The molecule has 0 aromatic rings. The molecule has 1 rings (SSSR count). The summed E-state index contributed by atoms with van der Waals surface area (Å²) in [5.41, 5.74) is -2.32. The van der Waals surface area contributed by atoms with Crippen molar-refractivity contribution in [3.63, 3.8) is 0 Å². The number of halogens is 1. The molecule has 0 aliphatic heterocycles. The number of ether oxygens (including phenoxy) is 2.